The van der Waals surface area contributed by atoms with Crippen LogP contribution < -0.4 is 10.1 Å². The van der Waals surface area contributed by atoms with Crippen LogP contribution in [-0.4, -0.2) is 37.3 Å². The minimum absolute atomic E-state index is 0.258. The molecule has 1 heterocycles. The van der Waals surface area contributed by atoms with Crippen molar-refractivity contribution in [2.24, 2.45) is 0 Å². The fraction of sp³-hybridized carbons (Fsp3) is 0.300. The molecular weight excluding hydrogens is 370 g/mol. The van der Waals surface area contributed by atoms with Gasteiger partial charge in [-0.15, -0.1) is 0 Å². The Kier molecular flexibility index (Phi) is 5.98. The zero-order valence-corrected chi connectivity index (χ0v) is 15.5. The first-order valence-corrected chi connectivity index (χ1v) is 8.92. The summed E-state index contributed by atoms with van der Waals surface area (Å²) in [7, 11) is 1.47. The lowest BCUT2D eigenvalue weighted by Crippen LogP contribution is -2.33. The van der Waals surface area contributed by atoms with Crippen LogP contribution in [-0.2, 0) is 9.53 Å². The van der Waals surface area contributed by atoms with E-state index in [1.807, 2.05) is 6.07 Å². The van der Waals surface area contributed by atoms with Gasteiger partial charge in [-0.2, -0.15) is 0 Å². The predicted octanol–water partition coefficient (Wildman–Crippen LogP) is 3.41. The van der Waals surface area contributed by atoms with Crippen LogP contribution in [0.15, 0.2) is 42.5 Å². The van der Waals surface area contributed by atoms with E-state index in [2.05, 4.69) is 5.32 Å². The van der Waals surface area contributed by atoms with E-state index in [1.54, 1.807) is 30.3 Å². The molecule has 0 aromatic heterocycles. The van der Waals surface area contributed by atoms with E-state index in [4.69, 9.17) is 21.1 Å². The fourth-order valence-corrected chi connectivity index (χ4v) is 3.36. The number of carboxylic acid groups (broad SMARTS) is 1. The normalized spacial score (nSPS) is 17.3. The van der Waals surface area contributed by atoms with E-state index in [1.165, 1.54) is 13.2 Å². The molecule has 27 heavy (non-hydrogen) atoms. The number of hydrogen-bond acceptors (Lipinski definition) is 4. The number of halogens is 1. The van der Waals surface area contributed by atoms with Gasteiger partial charge in [0, 0.05) is 18.1 Å². The van der Waals surface area contributed by atoms with Gasteiger partial charge < -0.3 is 19.9 Å². The van der Waals surface area contributed by atoms with Crippen molar-refractivity contribution in [3.63, 3.8) is 0 Å². The first-order chi connectivity index (χ1) is 13.0. The number of ether oxygens (including phenoxy) is 2. The maximum absolute atomic E-state index is 12.6. The highest BCUT2D eigenvalue weighted by Gasteiger charge is 2.24. The second-order valence-corrected chi connectivity index (χ2v) is 6.73. The molecule has 3 rings (SSSR count). The van der Waals surface area contributed by atoms with Gasteiger partial charge in [0.1, 0.15) is 5.75 Å². The van der Waals surface area contributed by atoms with E-state index in [9.17, 15) is 14.7 Å². The summed E-state index contributed by atoms with van der Waals surface area (Å²) in [6, 6.07) is 10.6. The van der Waals surface area contributed by atoms with Gasteiger partial charge in [0.15, 0.2) is 6.04 Å². The fourth-order valence-electron chi connectivity index (χ4n) is 3.10. The minimum atomic E-state index is -1.22. The summed E-state index contributed by atoms with van der Waals surface area (Å²) in [5.74, 6) is -0.948. The van der Waals surface area contributed by atoms with E-state index >= 15 is 0 Å². The monoisotopic (exact) mass is 389 g/mol. The molecule has 0 saturated carbocycles. The first kappa shape index (κ1) is 19.2. The van der Waals surface area contributed by atoms with Crippen molar-refractivity contribution in [1.29, 1.82) is 0 Å². The number of carboxylic acids is 1. The number of amides is 1. The van der Waals surface area contributed by atoms with Gasteiger partial charge in [-0.05, 0) is 41.8 Å². The molecule has 6 nitrogen and oxygen atoms in total. The second kappa shape index (κ2) is 8.41. The number of nitrogens with one attached hydrogen (secondary N) is 1. The van der Waals surface area contributed by atoms with Gasteiger partial charge >= 0.3 is 5.97 Å². The molecular formula is C20H20ClNO5. The lowest BCUT2D eigenvalue weighted by Gasteiger charge is -2.17. The van der Waals surface area contributed by atoms with E-state index in [-0.39, 0.29) is 10.9 Å². The highest BCUT2D eigenvalue weighted by Crippen LogP contribution is 2.28. The van der Waals surface area contributed by atoms with Crippen LogP contribution in [0.25, 0.3) is 0 Å². The molecule has 0 aliphatic carbocycles. The molecule has 0 radical (unpaired) electrons. The number of aliphatic carboxylic acids is 1. The van der Waals surface area contributed by atoms with Crippen molar-refractivity contribution >= 4 is 23.5 Å². The molecule has 2 N–H and O–H groups in total. The van der Waals surface area contributed by atoms with Crippen LogP contribution in [0.4, 0.5) is 0 Å². The largest absolute Gasteiger partial charge is 0.495 e. The summed E-state index contributed by atoms with van der Waals surface area (Å²) in [4.78, 5) is 24.3. The van der Waals surface area contributed by atoms with Gasteiger partial charge in [-0.1, -0.05) is 29.8 Å². The van der Waals surface area contributed by atoms with Gasteiger partial charge in [-0.25, -0.2) is 4.79 Å². The molecule has 2 aromatic rings. The van der Waals surface area contributed by atoms with Crippen molar-refractivity contribution in [2.75, 3.05) is 20.3 Å². The summed E-state index contributed by atoms with van der Waals surface area (Å²) in [5.41, 5.74) is 1.78. The topological polar surface area (TPSA) is 84.9 Å². The summed E-state index contributed by atoms with van der Waals surface area (Å²) >= 11 is 6.08. The standard InChI is InChI=1S/C20H20ClNO5/c1-26-17-6-5-13(10-16(17)21)18(20(24)25)22-19(23)14-4-2-3-12(9-14)15-7-8-27-11-15/h2-6,9-10,15,18H,7-8,11H2,1H3,(H,22,23)(H,24,25). The lowest BCUT2D eigenvalue weighted by atomic mass is 9.96. The third-order valence-electron chi connectivity index (χ3n) is 4.58. The molecule has 1 aliphatic heterocycles. The zero-order valence-electron chi connectivity index (χ0n) is 14.8. The SMILES string of the molecule is COc1ccc(C(NC(=O)c2cccc(C3CCOC3)c2)C(=O)O)cc1Cl. The van der Waals surface area contributed by atoms with E-state index < -0.39 is 17.9 Å². The average molecular weight is 390 g/mol. The quantitative estimate of drug-likeness (QED) is 0.790. The van der Waals surface area contributed by atoms with Crippen LogP contribution in [0.1, 0.15) is 39.9 Å². The van der Waals surface area contributed by atoms with Gasteiger partial charge in [0.2, 0.25) is 0 Å². The molecule has 0 spiro atoms. The number of rotatable bonds is 6. The Labute approximate surface area is 162 Å². The maximum atomic E-state index is 12.6. The molecule has 1 saturated heterocycles. The maximum Gasteiger partial charge on any atom is 0.330 e. The summed E-state index contributed by atoms with van der Waals surface area (Å²) in [5, 5.41) is 12.4. The number of benzene rings is 2. The van der Waals surface area contributed by atoms with Gasteiger partial charge in [0.25, 0.3) is 5.91 Å². The summed E-state index contributed by atoms with van der Waals surface area (Å²) in [6.45, 7) is 1.34. The second-order valence-electron chi connectivity index (χ2n) is 6.32. The molecule has 1 aliphatic rings. The van der Waals surface area contributed by atoms with Crippen LogP contribution in [0.5, 0.6) is 5.75 Å². The van der Waals surface area contributed by atoms with Crippen LogP contribution in [0.2, 0.25) is 5.02 Å². The number of carbonyl (C=O) groups excluding carboxylic acids is 1. The third-order valence-corrected chi connectivity index (χ3v) is 4.88. The van der Waals surface area contributed by atoms with Crippen LogP contribution in [0.3, 0.4) is 0 Å². The number of methoxy groups -OCH3 is 1. The van der Waals surface area contributed by atoms with Crippen molar-refractivity contribution in [3.05, 3.63) is 64.2 Å². The highest BCUT2D eigenvalue weighted by molar-refractivity contribution is 6.32. The number of carbonyl (C=O) groups is 2. The summed E-state index contributed by atoms with van der Waals surface area (Å²) < 4.78 is 10.5. The molecule has 2 aromatic carbocycles. The Morgan fingerprint density at radius 3 is 2.74 bits per heavy atom. The molecule has 2 unspecified atom stereocenters. The van der Waals surface area contributed by atoms with Crippen molar-refractivity contribution in [1.82, 2.24) is 5.32 Å². The van der Waals surface area contributed by atoms with E-state index in [0.717, 1.165) is 12.0 Å². The van der Waals surface area contributed by atoms with Crippen molar-refractivity contribution in [3.8, 4) is 5.75 Å². The van der Waals surface area contributed by atoms with Crippen LogP contribution in [0, 0.1) is 0 Å². The Morgan fingerprint density at radius 2 is 2.11 bits per heavy atom. The smallest absolute Gasteiger partial charge is 0.330 e. The van der Waals surface area contributed by atoms with Crippen molar-refractivity contribution in [2.45, 2.75) is 18.4 Å². The molecule has 1 fully saturated rings. The molecule has 1 amide bonds. The van der Waals surface area contributed by atoms with Gasteiger partial charge in [0.05, 0.1) is 18.7 Å². The minimum Gasteiger partial charge on any atom is -0.495 e. The van der Waals surface area contributed by atoms with Crippen LogP contribution >= 0.6 is 11.6 Å². The first-order valence-electron chi connectivity index (χ1n) is 8.54. The van der Waals surface area contributed by atoms with E-state index in [0.29, 0.717) is 30.1 Å². The van der Waals surface area contributed by atoms with Gasteiger partial charge in [-0.3, -0.25) is 4.79 Å². The Morgan fingerprint density at radius 1 is 1.30 bits per heavy atom. The zero-order chi connectivity index (χ0) is 19.4. The molecule has 142 valence electrons. The summed E-state index contributed by atoms with van der Waals surface area (Å²) in [6.07, 6.45) is 0.910. The molecule has 0 bridgehead atoms. The predicted molar refractivity (Wildman–Crippen MR) is 100 cm³/mol. The molecule has 7 heteroatoms. The van der Waals surface area contributed by atoms with Crippen molar-refractivity contribution < 1.29 is 24.2 Å². The number of hydrogen-bond donors (Lipinski definition) is 2. The third kappa shape index (κ3) is 4.40. The Hall–Kier alpha value is -2.57. The Bertz CT molecular complexity index is 848. The average Bonchev–Trinajstić information content (AvgIpc) is 3.20. The molecule has 2 atom stereocenters. The lowest BCUT2D eigenvalue weighted by molar-refractivity contribution is -0.139. The Balaban J connectivity index is 1.80. The highest BCUT2D eigenvalue weighted by atomic mass is 35.5.